The Balaban J connectivity index is 1.29. The summed E-state index contributed by atoms with van der Waals surface area (Å²) < 4.78 is 14.2. The van der Waals surface area contributed by atoms with Gasteiger partial charge in [-0.3, -0.25) is 14.7 Å². The maximum Gasteiger partial charge on any atom is 0.239 e. The molecular weight excluding hydrogens is 405 g/mol. The Kier molecular flexibility index (Phi) is 6.48. The number of carbonyl (C=O) groups is 1. The number of aliphatic imine (C=N–C) groups is 1. The summed E-state index contributed by atoms with van der Waals surface area (Å²) in [4.78, 5) is 23.6. The third kappa shape index (κ3) is 4.42. The molecule has 1 amide bonds. The topological polar surface area (TPSA) is 51.2 Å². The Bertz CT molecular complexity index is 784. The molecule has 3 fully saturated rings. The summed E-state index contributed by atoms with van der Waals surface area (Å²) in [6, 6.07) is 4.92. The van der Waals surface area contributed by atoms with E-state index in [1.807, 2.05) is 11.8 Å². The van der Waals surface area contributed by atoms with Gasteiger partial charge in [0.1, 0.15) is 5.82 Å². The van der Waals surface area contributed by atoms with Crippen molar-refractivity contribution in [3.8, 4) is 0 Å². The summed E-state index contributed by atoms with van der Waals surface area (Å²) in [6.07, 6.45) is 3.09. The van der Waals surface area contributed by atoms with Gasteiger partial charge in [0.15, 0.2) is 5.96 Å². The second-order valence-electron chi connectivity index (χ2n) is 8.51. The highest BCUT2D eigenvalue weighted by atomic mass is 35.5. The Labute approximate surface area is 183 Å². The number of halogens is 2. The van der Waals surface area contributed by atoms with E-state index in [1.165, 1.54) is 6.07 Å². The lowest BCUT2D eigenvalue weighted by molar-refractivity contribution is -0.135. The predicted octanol–water partition coefficient (Wildman–Crippen LogP) is 2.54. The number of carbonyl (C=O) groups excluding carboxylic acids is 1. The highest BCUT2D eigenvalue weighted by Crippen LogP contribution is 2.45. The fourth-order valence-corrected chi connectivity index (χ4v) is 4.98. The summed E-state index contributed by atoms with van der Waals surface area (Å²) in [6.45, 7) is 7.10. The first-order valence-electron chi connectivity index (χ1n) is 10.9. The lowest BCUT2D eigenvalue weighted by atomic mass is 10.1. The molecule has 4 rings (SSSR count). The number of benzene rings is 1. The van der Waals surface area contributed by atoms with E-state index in [-0.39, 0.29) is 29.7 Å². The molecule has 6 nitrogen and oxygen atoms in total. The minimum Gasteiger partial charge on any atom is -0.353 e. The van der Waals surface area contributed by atoms with E-state index >= 15 is 0 Å². The molecule has 3 aliphatic rings. The molecule has 164 valence electrons. The molecule has 1 saturated carbocycles. The molecule has 2 aliphatic heterocycles. The molecule has 8 heteroatoms. The van der Waals surface area contributed by atoms with E-state index in [4.69, 9.17) is 11.6 Å². The molecule has 3 atom stereocenters. The first-order valence-corrected chi connectivity index (χ1v) is 11.3. The van der Waals surface area contributed by atoms with Crippen LogP contribution in [-0.2, 0) is 4.79 Å². The van der Waals surface area contributed by atoms with Crippen molar-refractivity contribution in [2.75, 3.05) is 46.3 Å². The predicted molar refractivity (Wildman–Crippen MR) is 117 cm³/mol. The third-order valence-electron chi connectivity index (χ3n) is 6.62. The number of piperazine rings is 1. The van der Waals surface area contributed by atoms with Gasteiger partial charge in [0, 0.05) is 68.9 Å². The number of hydrogen-bond acceptors (Lipinski definition) is 3. The zero-order valence-electron chi connectivity index (χ0n) is 17.8. The summed E-state index contributed by atoms with van der Waals surface area (Å²) >= 11 is 6.22. The lowest BCUT2D eigenvalue weighted by Gasteiger charge is -2.39. The van der Waals surface area contributed by atoms with Crippen LogP contribution in [0.1, 0.15) is 37.7 Å². The SMILES string of the molecule is CN=C(NC1CC1c1c(F)cccc1Cl)N1CCN(C(C)C(=O)N2CCCC2)CC1. The van der Waals surface area contributed by atoms with Crippen molar-refractivity contribution < 1.29 is 9.18 Å². The molecule has 0 radical (unpaired) electrons. The fourth-order valence-electron chi connectivity index (χ4n) is 4.68. The minimum atomic E-state index is -0.239. The van der Waals surface area contributed by atoms with Crippen molar-refractivity contribution in [2.45, 2.75) is 44.2 Å². The van der Waals surface area contributed by atoms with E-state index in [2.05, 4.69) is 20.1 Å². The zero-order chi connectivity index (χ0) is 21.3. The van der Waals surface area contributed by atoms with Gasteiger partial charge in [0.2, 0.25) is 5.91 Å². The first-order chi connectivity index (χ1) is 14.5. The molecule has 0 bridgehead atoms. The molecule has 30 heavy (non-hydrogen) atoms. The van der Waals surface area contributed by atoms with Gasteiger partial charge in [0.05, 0.1) is 6.04 Å². The Morgan fingerprint density at radius 3 is 2.50 bits per heavy atom. The van der Waals surface area contributed by atoms with Crippen LogP contribution in [0.3, 0.4) is 0 Å². The number of guanidine groups is 1. The van der Waals surface area contributed by atoms with Crippen molar-refractivity contribution in [1.82, 2.24) is 20.0 Å². The van der Waals surface area contributed by atoms with E-state index in [0.717, 1.165) is 64.5 Å². The van der Waals surface area contributed by atoms with E-state index in [9.17, 15) is 9.18 Å². The molecule has 1 aromatic rings. The van der Waals surface area contributed by atoms with Crippen LogP contribution in [-0.4, -0.2) is 85.0 Å². The molecule has 2 heterocycles. The van der Waals surface area contributed by atoms with Crippen molar-refractivity contribution in [1.29, 1.82) is 0 Å². The van der Waals surface area contributed by atoms with Gasteiger partial charge in [-0.25, -0.2) is 4.39 Å². The van der Waals surface area contributed by atoms with Crippen LogP contribution in [0.15, 0.2) is 23.2 Å². The van der Waals surface area contributed by atoms with Crippen molar-refractivity contribution >= 4 is 23.5 Å². The molecule has 1 N–H and O–H groups in total. The maximum absolute atomic E-state index is 14.2. The summed E-state index contributed by atoms with van der Waals surface area (Å²) in [5.74, 6) is 0.936. The van der Waals surface area contributed by atoms with Crippen LogP contribution >= 0.6 is 11.6 Å². The van der Waals surface area contributed by atoms with Gasteiger partial charge in [-0.15, -0.1) is 0 Å². The van der Waals surface area contributed by atoms with Gasteiger partial charge in [-0.05, 0) is 38.3 Å². The summed E-state index contributed by atoms with van der Waals surface area (Å²) in [7, 11) is 1.78. The largest absolute Gasteiger partial charge is 0.353 e. The zero-order valence-corrected chi connectivity index (χ0v) is 18.5. The van der Waals surface area contributed by atoms with E-state index in [0.29, 0.717) is 10.6 Å². The number of likely N-dealkylation sites (tertiary alicyclic amines) is 1. The smallest absolute Gasteiger partial charge is 0.239 e. The molecule has 1 aromatic carbocycles. The molecule has 2 saturated heterocycles. The Hall–Kier alpha value is -1.86. The van der Waals surface area contributed by atoms with Crippen LogP contribution in [0.5, 0.6) is 0 Å². The van der Waals surface area contributed by atoms with Gasteiger partial charge < -0.3 is 15.1 Å². The number of amides is 1. The van der Waals surface area contributed by atoms with Crippen LogP contribution < -0.4 is 5.32 Å². The van der Waals surface area contributed by atoms with Crippen LogP contribution in [0.2, 0.25) is 5.02 Å². The van der Waals surface area contributed by atoms with Crippen LogP contribution in [0.4, 0.5) is 4.39 Å². The van der Waals surface area contributed by atoms with E-state index < -0.39 is 0 Å². The highest BCUT2D eigenvalue weighted by Gasteiger charge is 2.42. The number of nitrogens with one attached hydrogen (secondary N) is 1. The molecule has 3 unspecified atom stereocenters. The van der Waals surface area contributed by atoms with Crippen molar-refractivity contribution in [3.63, 3.8) is 0 Å². The fraction of sp³-hybridized carbons (Fsp3) is 0.636. The quantitative estimate of drug-likeness (QED) is 0.583. The monoisotopic (exact) mass is 435 g/mol. The third-order valence-corrected chi connectivity index (χ3v) is 6.95. The number of hydrogen-bond donors (Lipinski definition) is 1. The Morgan fingerprint density at radius 2 is 1.87 bits per heavy atom. The summed E-state index contributed by atoms with van der Waals surface area (Å²) in [5.41, 5.74) is 0.603. The molecular formula is C22H31ClFN5O. The second-order valence-corrected chi connectivity index (χ2v) is 8.91. The Morgan fingerprint density at radius 1 is 1.17 bits per heavy atom. The normalized spacial score (nSPS) is 26.1. The first kappa shape index (κ1) is 21.4. The van der Waals surface area contributed by atoms with Crippen molar-refractivity contribution in [3.05, 3.63) is 34.6 Å². The average Bonchev–Trinajstić information content (AvgIpc) is 3.27. The number of rotatable bonds is 4. The molecule has 1 aliphatic carbocycles. The maximum atomic E-state index is 14.2. The van der Waals surface area contributed by atoms with Gasteiger partial charge >= 0.3 is 0 Å². The highest BCUT2D eigenvalue weighted by molar-refractivity contribution is 6.31. The average molecular weight is 436 g/mol. The van der Waals surface area contributed by atoms with Gasteiger partial charge in [-0.2, -0.15) is 0 Å². The standard InChI is InChI=1S/C22H31ClFN5O/c1-15(21(30)28-8-3-4-9-28)27-10-12-29(13-11-27)22(25-2)26-19-14-16(19)20-17(23)6-5-7-18(20)24/h5-7,15-16,19H,3-4,8-14H2,1-2H3,(H,25,26). The van der Waals surface area contributed by atoms with Gasteiger partial charge in [0.25, 0.3) is 0 Å². The van der Waals surface area contributed by atoms with Crippen LogP contribution in [0.25, 0.3) is 0 Å². The van der Waals surface area contributed by atoms with Crippen molar-refractivity contribution in [2.24, 2.45) is 4.99 Å². The second kappa shape index (κ2) is 9.10. The summed E-state index contributed by atoms with van der Waals surface area (Å²) in [5, 5.41) is 3.97. The molecule has 0 spiro atoms. The van der Waals surface area contributed by atoms with E-state index in [1.54, 1.807) is 19.2 Å². The minimum absolute atomic E-state index is 0.0729. The van der Waals surface area contributed by atoms with Gasteiger partial charge in [-0.1, -0.05) is 17.7 Å². The number of nitrogens with zero attached hydrogens (tertiary/aromatic N) is 4. The van der Waals surface area contributed by atoms with Crippen LogP contribution in [0, 0.1) is 5.82 Å². The molecule has 0 aromatic heterocycles. The lowest BCUT2D eigenvalue weighted by Crippen LogP contribution is -2.57.